The zero-order chi connectivity index (χ0) is 27.2. The number of aromatic nitrogens is 4. The van der Waals surface area contributed by atoms with E-state index in [1.54, 1.807) is 35.2 Å². The monoisotopic (exact) mass is 551 g/mol. The van der Waals surface area contributed by atoms with Crippen LogP contribution in [0.3, 0.4) is 0 Å². The van der Waals surface area contributed by atoms with Crippen LogP contribution in [0.4, 0.5) is 5.82 Å². The second kappa shape index (κ2) is 8.18. The Balaban J connectivity index is 1.08. The van der Waals surface area contributed by atoms with Gasteiger partial charge in [-0.2, -0.15) is 10.4 Å². The molecule has 5 unspecified atom stereocenters. The highest BCUT2D eigenvalue weighted by Gasteiger charge is 2.81. The minimum Gasteiger partial charge on any atom is -0.492 e. The van der Waals surface area contributed by atoms with Crippen LogP contribution in [0, 0.1) is 22.7 Å². The number of nitriles is 1. The number of piperidine rings is 1. The minimum absolute atomic E-state index is 0.188. The van der Waals surface area contributed by atoms with Gasteiger partial charge in [-0.1, -0.05) is 11.6 Å². The number of fused-ring (bicyclic) bond motifs is 2. The summed E-state index contributed by atoms with van der Waals surface area (Å²) in [7, 11) is 0. The summed E-state index contributed by atoms with van der Waals surface area (Å²) >= 11 is 6.27. The van der Waals surface area contributed by atoms with Crippen LogP contribution in [0.25, 0.3) is 16.6 Å². The topological polar surface area (TPSA) is 108 Å². The van der Waals surface area contributed by atoms with Crippen molar-refractivity contribution in [3.05, 3.63) is 71.4 Å². The molecule has 0 aromatic carbocycles. The number of amides is 1. The minimum atomic E-state index is -0.224. The van der Waals surface area contributed by atoms with E-state index < -0.39 is 0 Å². The molecule has 10 heteroatoms. The SMILES string of the molecule is CCOc1cc(-c2ccc(N3C4CC5CC6(NC(=O)c7ncccc7Cl)CC3C54C6)nc2)c2c(C#N)cnn2c1. The van der Waals surface area contributed by atoms with Crippen LogP contribution >= 0.6 is 11.6 Å². The standard InChI is InChI=1S/C30H26ClN7O2/c1-2-40-20-9-21(27-18(12-32)14-35-37(27)15-20)17-5-6-25(34-13-17)38-23-8-19-10-29(11-24(38)30(19,23)16-29)36-28(39)26-22(31)4-3-7-33-26/h3-7,9,13-15,19,23-24H,2,8,10-11,16H2,1H3,(H,36,39). The molecule has 4 aliphatic rings. The Morgan fingerprint density at radius 3 is 2.92 bits per heavy atom. The lowest BCUT2D eigenvalue weighted by atomic mass is 9.47. The van der Waals surface area contributed by atoms with Crippen molar-refractivity contribution in [3.8, 4) is 22.9 Å². The third-order valence-electron chi connectivity index (χ3n) is 9.74. The molecule has 8 rings (SSSR count). The molecule has 1 spiro atoms. The highest BCUT2D eigenvalue weighted by atomic mass is 35.5. The second-order valence-corrected chi connectivity index (χ2v) is 11.9. The molecule has 9 nitrogen and oxygen atoms in total. The summed E-state index contributed by atoms with van der Waals surface area (Å²) in [5, 5.41) is 17.7. The van der Waals surface area contributed by atoms with Crippen LogP contribution in [0.2, 0.25) is 5.02 Å². The summed E-state index contributed by atoms with van der Waals surface area (Å²) in [6.07, 6.45) is 10.9. The number of halogens is 1. The van der Waals surface area contributed by atoms with E-state index in [9.17, 15) is 10.1 Å². The maximum Gasteiger partial charge on any atom is 0.271 e. The number of nitrogens with one attached hydrogen (secondary N) is 1. The smallest absolute Gasteiger partial charge is 0.271 e. The van der Waals surface area contributed by atoms with Gasteiger partial charge in [-0.3, -0.25) is 4.79 Å². The molecular formula is C30H26ClN7O2. The summed E-state index contributed by atoms with van der Waals surface area (Å²) in [6, 6.07) is 12.6. The van der Waals surface area contributed by atoms with Gasteiger partial charge in [0.2, 0.25) is 0 Å². The van der Waals surface area contributed by atoms with Crippen LogP contribution < -0.4 is 15.0 Å². The Bertz CT molecular complexity index is 1750. The third kappa shape index (κ3) is 3.02. The summed E-state index contributed by atoms with van der Waals surface area (Å²) in [4.78, 5) is 24.7. The quantitative estimate of drug-likeness (QED) is 0.372. The molecule has 4 aromatic rings. The zero-order valence-corrected chi connectivity index (χ0v) is 22.6. The van der Waals surface area contributed by atoms with Crippen molar-refractivity contribution in [2.24, 2.45) is 11.3 Å². The van der Waals surface area contributed by atoms with Gasteiger partial charge in [0.25, 0.3) is 5.91 Å². The van der Waals surface area contributed by atoms with Gasteiger partial charge in [0.05, 0.1) is 35.1 Å². The summed E-state index contributed by atoms with van der Waals surface area (Å²) in [5.74, 6) is 2.09. The Hall–Kier alpha value is -4.16. The number of hydrogen-bond acceptors (Lipinski definition) is 7. The van der Waals surface area contributed by atoms with E-state index in [0.717, 1.165) is 48.1 Å². The van der Waals surface area contributed by atoms with Gasteiger partial charge in [-0.05, 0) is 68.9 Å². The molecule has 3 aliphatic carbocycles. The molecule has 3 saturated carbocycles. The Morgan fingerprint density at radius 1 is 1.25 bits per heavy atom. The fourth-order valence-corrected chi connectivity index (χ4v) is 8.55. The average molecular weight is 552 g/mol. The van der Waals surface area contributed by atoms with E-state index in [2.05, 4.69) is 38.5 Å². The van der Waals surface area contributed by atoms with E-state index >= 15 is 0 Å². The molecule has 4 fully saturated rings. The molecule has 1 N–H and O–H groups in total. The van der Waals surface area contributed by atoms with Crippen molar-refractivity contribution in [2.45, 2.75) is 50.2 Å². The number of rotatable bonds is 6. The number of nitrogens with zero attached hydrogens (tertiary/aromatic N) is 6. The number of carbonyl (C=O) groups is 1. The number of carbonyl (C=O) groups excluding carboxylic acids is 1. The van der Waals surface area contributed by atoms with E-state index in [4.69, 9.17) is 21.3 Å². The average Bonchev–Trinajstić information content (AvgIpc) is 3.59. The van der Waals surface area contributed by atoms with Crippen molar-refractivity contribution in [3.63, 3.8) is 0 Å². The van der Waals surface area contributed by atoms with Crippen molar-refractivity contribution in [1.82, 2.24) is 24.9 Å². The molecule has 1 aliphatic heterocycles. The van der Waals surface area contributed by atoms with E-state index in [1.165, 1.54) is 0 Å². The molecule has 2 bridgehead atoms. The molecule has 5 heterocycles. The van der Waals surface area contributed by atoms with Crippen LogP contribution in [-0.2, 0) is 0 Å². The van der Waals surface area contributed by atoms with Gasteiger partial charge >= 0.3 is 0 Å². The highest BCUT2D eigenvalue weighted by molar-refractivity contribution is 6.33. The first-order valence-corrected chi connectivity index (χ1v) is 14.1. The van der Waals surface area contributed by atoms with Gasteiger partial charge in [0.1, 0.15) is 23.3 Å². The molecule has 0 radical (unpaired) electrons. The predicted octanol–water partition coefficient (Wildman–Crippen LogP) is 4.64. The van der Waals surface area contributed by atoms with Crippen LogP contribution in [0.15, 0.2) is 55.1 Å². The van der Waals surface area contributed by atoms with Crippen LogP contribution in [0.1, 0.15) is 48.7 Å². The van der Waals surface area contributed by atoms with Crippen LogP contribution in [0.5, 0.6) is 5.75 Å². The molecule has 1 saturated heterocycles. The number of pyridine rings is 3. The number of hydrogen-bond donors (Lipinski definition) is 1. The lowest BCUT2D eigenvalue weighted by Gasteiger charge is -2.72. The molecule has 4 aromatic heterocycles. The fourth-order valence-electron chi connectivity index (χ4n) is 8.34. The highest BCUT2D eigenvalue weighted by Crippen LogP contribution is 2.77. The second-order valence-electron chi connectivity index (χ2n) is 11.5. The van der Waals surface area contributed by atoms with Crippen LogP contribution in [-0.4, -0.2) is 49.7 Å². The maximum atomic E-state index is 13.1. The van der Waals surface area contributed by atoms with E-state index in [0.29, 0.717) is 46.6 Å². The molecule has 5 atom stereocenters. The summed E-state index contributed by atoms with van der Waals surface area (Å²) < 4.78 is 7.46. The predicted molar refractivity (Wildman–Crippen MR) is 148 cm³/mol. The first-order chi connectivity index (χ1) is 19.5. The molecular weight excluding hydrogens is 526 g/mol. The molecule has 1 amide bonds. The van der Waals surface area contributed by atoms with Crippen molar-refractivity contribution in [2.75, 3.05) is 11.5 Å². The zero-order valence-electron chi connectivity index (χ0n) is 21.8. The normalized spacial score (nSPS) is 28.9. The Morgan fingerprint density at radius 2 is 2.15 bits per heavy atom. The first kappa shape index (κ1) is 23.7. The van der Waals surface area contributed by atoms with Gasteiger partial charge < -0.3 is 15.0 Å². The summed E-state index contributed by atoms with van der Waals surface area (Å²) in [6.45, 7) is 2.47. The summed E-state index contributed by atoms with van der Waals surface area (Å²) in [5.41, 5.74) is 3.34. The molecule has 200 valence electrons. The van der Waals surface area contributed by atoms with Crippen molar-refractivity contribution < 1.29 is 9.53 Å². The van der Waals surface area contributed by atoms with Gasteiger partial charge in [-0.15, -0.1) is 0 Å². The Kier molecular flexibility index (Phi) is 4.85. The Labute approximate surface area is 235 Å². The third-order valence-corrected chi connectivity index (χ3v) is 10.0. The van der Waals surface area contributed by atoms with E-state index in [1.807, 2.05) is 19.2 Å². The lowest BCUT2D eigenvalue weighted by Crippen LogP contribution is -2.79. The molecule has 40 heavy (non-hydrogen) atoms. The fraction of sp³-hybridized carbons (Fsp3) is 0.367. The van der Waals surface area contributed by atoms with Crippen molar-refractivity contribution >= 4 is 28.8 Å². The number of anilines is 1. The number of ether oxygens (including phenoxy) is 1. The van der Waals surface area contributed by atoms with Gasteiger partial charge in [-0.25, -0.2) is 14.5 Å². The van der Waals surface area contributed by atoms with Gasteiger partial charge in [0, 0.05) is 46.6 Å². The lowest BCUT2D eigenvalue weighted by molar-refractivity contribution is -0.0822. The van der Waals surface area contributed by atoms with Crippen molar-refractivity contribution in [1.29, 1.82) is 5.26 Å². The largest absolute Gasteiger partial charge is 0.492 e. The van der Waals surface area contributed by atoms with Gasteiger partial charge in [0.15, 0.2) is 0 Å². The first-order valence-electron chi connectivity index (χ1n) is 13.7. The maximum absolute atomic E-state index is 13.1. The van der Waals surface area contributed by atoms with E-state index in [-0.39, 0.29) is 16.9 Å².